The van der Waals surface area contributed by atoms with E-state index in [4.69, 9.17) is 14.2 Å². The fourth-order valence-electron chi connectivity index (χ4n) is 2.36. The first-order valence-electron chi connectivity index (χ1n) is 7.80. The van der Waals surface area contributed by atoms with Crippen LogP contribution in [-0.4, -0.2) is 38.8 Å². The average molecular weight is 328 g/mol. The molecule has 0 spiro atoms. The minimum absolute atomic E-state index is 0.149. The van der Waals surface area contributed by atoms with Crippen LogP contribution >= 0.6 is 0 Å². The van der Waals surface area contributed by atoms with E-state index in [-0.39, 0.29) is 5.91 Å². The first-order chi connectivity index (χ1) is 11.7. The molecule has 1 aliphatic heterocycles. The zero-order valence-electron chi connectivity index (χ0n) is 13.5. The third-order valence-corrected chi connectivity index (χ3v) is 3.62. The Hall–Kier alpha value is -2.57. The summed E-state index contributed by atoms with van der Waals surface area (Å²) in [6.07, 6.45) is -0.452. The van der Waals surface area contributed by atoms with E-state index in [0.717, 1.165) is 12.3 Å². The maximum atomic E-state index is 12.1. The number of amides is 1. The van der Waals surface area contributed by atoms with Crippen molar-refractivity contribution in [2.45, 2.75) is 6.10 Å². The van der Waals surface area contributed by atoms with Crippen molar-refractivity contribution in [3.05, 3.63) is 48.5 Å². The van der Waals surface area contributed by atoms with Crippen LogP contribution in [0.5, 0.6) is 17.2 Å². The Morgan fingerprint density at radius 2 is 1.96 bits per heavy atom. The highest BCUT2D eigenvalue weighted by Gasteiger charge is 2.21. The second-order valence-corrected chi connectivity index (χ2v) is 5.36. The molecule has 0 bridgehead atoms. The van der Waals surface area contributed by atoms with Crippen molar-refractivity contribution in [3.8, 4) is 17.2 Å². The number of methoxy groups -OCH3 is 1. The summed E-state index contributed by atoms with van der Waals surface area (Å²) in [6.45, 7) is 1.86. The van der Waals surface area contributed by atoms with E-state index in [2.05, 4.69) is 10.6 Å². The van der Waals surface area contributed by atoms with Gasteiger partial charge < -0.3 is 24.8 Å². The molecule has 6 heteroatoms. The third kappa shape index (κ3) is 4.24. The average Bonchev–Trinajstić information content (AvgIpc) is 2.64. The molecule has 2 aromatic carbocycles. The van der Waals surface area contributed by atoms with E-state index in [1.807, 2.05) is 24.3 Å². The fraction of sp³-hybridized carbons (Fsp3) is 0.278. The molecular weight excluding hydrogens is 308 g/mol. The molecule has 1 amide bonds. The van der Waals surface area contributed by atoms with Gasteiger partial charge in [0, 0.05) is 24.8 Å². The van der Waals surface area contributed by atoms with Gasteiger partial charge >= 0.3 is 0 Å². The largest absolute Gasteiger partial charge is 0.497 e. The lowest BCUT2D eigenvalue weighted by Gasteiger charge is -2.22. The van der Waals surface area contributed by atoms with Crippen LogP contribution in [0.2, 0.25) is 0 Å². The Bertz CT molecular complexity index is 682. The van der Waals surface area contributed by atoms with Crippen molar-refractivity contribution >= 4 is 11.6 Å². The molecule has 6 nitrogen and oxygen atoms in total. The van der Waals surface area contributed by atoms with Crippen molar-refractivity contribution < 1.29 is 19.0 Å². The quantitative estimate of drug-likeness (QED) is 0.882. The van der Waals surface area contributed by atoms with Crippen LogP contribution in [0.25, 0.3) is 0 Å². The number of carbonyl (C=O) groups is 1. The minimum atomic E-state index is -0.452. The maximum Gasteiger partial charge on any atom is 0.254 e. The summed E-state index contributed by atoms with van der Waals surface area (Å²) in [5, 5.41) is 5.97. The number of morpholine rings is 1. The normalized spacial score (nSPS) is 17.1. The molecule has 1 heterocycles. The second kappa shape index (κ2) is 7.81. The number of hydrogen-bond acceptors (Lipinski definition) is 5. The number of anilines is 1. The van der Waals surface area contributed by atoms with E-state index in [1.165, 1.54) is 0 Å². The van der Waals surface area contributed by atoms with Gasteiger partial charge in [-0.25, -0.2) is 0 Å². The second-order valence-electron chi connectivity index (χ2n) is 5.36. The molecular formula is C18H20N2O4. The van der Waals surface area contributed by atoms with E-state index >= 15 is 0 Å². The van der Waals surface area contributed by atoms with Gasteiger partial charge in [0.1, 0.15) is 23.4 Å². The van der Waals surface area contributed by atoms with Gasteiger partial charge in [-0.15, -0.1) is 0 Å². The summed E-state index contributed by atoms with van der Waals surface area (Å²) in [5.41, 5.74) is 0.701. The molecule has 1 saturated heterocycles. The van der Waals surface area contributed by atoms with Crippen molar-refractivity contribution in [2.24, 2.45) is 0 Å². The molecule has 1 fully saturated rings. The molecule has 2 aromatic rings. The molecule has 1 unspecified atom stereocenters. The molecule has 0 aromatic heterocycles. The summed E-state index contributed by atoms with van der Waals surface area (Å²) in [7, 11) is 1.61. The predicted molar refractivity (Wildman–Crippen MR) is 90.7 cm³/mol. The molecule has 1 aliphatic rings. The van der Waals surface area contributed by atoms with Crippen LogP contribution in [0.4, 0.5) is 5.69 Å². The molecule has 0 radical (unpaired) electrons. The van der Waals surface area contributed by atoms with Crippen LogP contribution in [0.1, 0.15) is 0 Å². The van der Waals surface area contributed by atoms with Crippen LogP contribution in [0.15, 0.2) is 48.5 Å². The highest BCUT2D eigenvalue weighted by Crippen LogP contribution is 2.26. The zero-order valence-corrected chi connectivity index (χ0v) is 13.5. The predicted octanol–water partition coefficient (Wildman–Crippen LogP) is 2.41. The van der Waals surface area contributed by atoms with Crippen LogP contribution in [0.3, 0.4) is 0 Å². The number of benzene rings is 2. The van der Waals surface area contributed by atoms with E-state index in [1.54, 1.807) is 31.4 Å². The van der Waals surface area contributed by atoms with Gasteiger partial charge in [0.05, 0.1) is 13.7 Å². The van der Waals surface area contributed by atoms with Crippen molar-refractivity contribution in [1.82, 2.24) is 5.32 Å². The fourth-order valence-corrected chi connectivity index (χ4v) is 2.36. The summed E-state index contributed by atoms with van der Waals surface area (Å²) in [5.74, 6) is 1.95. The van der Waals surface area contributed by atoms with E-state index in [0.29, 0.717) is 30.3 Å². The molecule has 24 heavy (non-hydrogen) atoms. The monoisotopic (exact) mass is 328 g/mol. The lowest BCUT2D eigenvalue weighted by Crippen LogP contribution is -2.45. The lowest BCUT2D eigenvalue weighted by molar-refractivity contribution is -0.128. The van der Waals surface area contributed by atoms with Crippen LogP contribution in [0, 0.1) is 0 Å². The van der Waals surface area contributed by atoms with Gasteiger partial charge in [0.2, 0.25) is 0 Å². The van der Waals surface area contributed by atoms with Gasteiger partial charge in [0.25, 0.3) is 5.91 Å². The molecule has 2 N–H and O–H groups in total. The van der Waals surface area contributed by atoms with Crippen LogP contribution < -0.4 is 20.1 Å². The van der Waals surface area contributed by atoms with Gasteiger partial charge in [0.15, 0.2) is 0 Å². The minimum Gasteiger partial charge on any atom is -0.497 e. The Morgan fingerprint density at radius 1 is 1.17 bits per heavy atom. The third-order valence-electron chi connectivity index (χ3n) is 3.62. The van der Waals surface area contributed by atoms with Crippen LogP contribution in [-0.2, 0) is 9.53 Å². The number of rotatable bonds is 5. The Kier molecular flexibility index (Phi) is 5.30. The molecule has 0 saturated carbocycles. The number of ether oxygens (including phenoxy) is 3. The van der Waals surface area contributed by atoms with E-state index < -0.39 is 6.10 Å². The van der Waals surface area contributed by atoms with Gasteiger partial charge in [-0.1, -0.05) is 6.07 Å². The van der Waals surface area contributed by atoms with Crippen molar-refractivity contribution in [3.63, 3.8) is 0 Å². The lowest BCUT2D eigenvalue weighted by atomic mass is 10.2. The molecule has 1 atom stereocenters. The first-order valence-corrected chi connectivity index (χ1v) is 7.80. The van der Waals surface area contributed by atoms with Crippen molar-refractivity contribution in [1.29, 1.82) is 0 Å². The Morgan fingerprint density at radius 3 is 2.67 bits per heavy atom. The summed E-state index contributed by atoms with van der Waals surface area (Å²) < 4.78 is 16.4. The van der Waals surface area contributed by atoms with Gasteiger partial charge in [-0.05, 0) is 36.4 Å². The number of nitrogens with one attached hydrogen (secondary N) is 2. The molecule has 0 aliphatic carbocycles. The summed E-state index contributed by atoms with van der Waals surface area (Å²) >= 11 is 0. The topological polar surface area (TPSA) is 68.8 Å². The van der Waals surface area contributed by atoms with Crippen molar-refractivity contribution in [2.75, 3.05) is 32.1 Å². The van der Waals surface area contributed by atoms with Gasteiger partial charge in [-0.2, -0.15) is 0 Å². The van der Waals surface area contributed by atoms with E-state index in [9.17, 15) is 4.79 Å². The SMILES string of the molecule is COc1cccc(Oc2ccc(NC(=O)C3CNCCO3)cc2)c1. The highest BCUT2D eigenvalue weighted by molar-refractivity contribution is 5.94. The summed E-state index contributed by atoms with van der Waals surface area (Å²) in [4.78, 5) is 12.1. The Balaban J connectivity index is 1.59. The summed E-state index contributed by atoms with van der Waals surface area (Å²) in [6, 6.07) is 14.6. The Labute approximate surface area is 140 Å². The number of hydrogen-bond donors (Lipinski definition) is 2. The highest BCUT2D eigenvalue weighted by atomic mass is 16.5. The van der Waals surface area contributed by atoms with Gasteiger partial charge in [-0.3, -0.25) is 4.79 Å². The smallest absolute Gasteiger partial charge is 0.254 e. The maximum absolute atomic E-state index is 12.1. The standard InChI is InChI=1S/C18H20N2O4/c1-22-15-3-2-4-16(11-15)24-14-7-5-13(6-8-14)20-18(21)17-12-19-9-10-23-17/h2-8,11,17,19H,9-10,12H2,1H3,(H,20,21). The zero-order chi connectivity index (χ0) is 16.8. The molecule has 3 rings (SSSR count). The number of carbonyl (C=O) groups excluding carboxylic acids is 1. The first kappa shape index (κ1) is 16.3. The molecule has 126 valence electrons.